The molecule has 0 aliphatic carbocycles. The van der Waals surface area contributed by atoms with Gasteiger partial charge in [-0.25, -0.2) is 9.78 Å². The van der Waals surface area contributed by atoms with Crippen LogP contribution in [0.2, 0.25) is 0 Å². The smallest absolute Gasteiger partial charge is 0.338 e. The van der Waals surface area contributed by atoms with E-state index in [4.69, 9.17) is 4.84 Å². The van der Waals surface area contributed by atoms with Crippen LogP contribution in [0.4, 0.5) is 16.5 Å². The average Bonchev–Trinajstić information content (AvgIpc) is 3.21. The molecule has 2 heterocycles. The van der Waals surface area contributed by atoms with Gasteiger partial charge in [-0.1, -0.05) is 11.3 Å². The number of thiazole rings is 1. The number of nitrogens with zero attached hydrogens (tertiary/aromatic N) is 5. The number of aromatic nitrogens is 2. The predicted molar refractivity (Wildman–Crippen MR) is 100 cm³/mol. The largest absolute Gasteiger partial charge is 0.492 e. The lowest BCUT2D eigenvalue weighted by molar-refractivity contribution is -0.144. The van der Waals surface area contributed by atoms with Gasteiger partial charge in [-0.3, -0.25) is 0 Å². The molecule has 0 atom stereocenters. The van der Waals surface area contributed by atoms with E-state index in [0.717, 1.165) is 5.69 Å². The Balaban J connectivity index is 1.60. The van der Waals surface area contributed by atoms with Crippen molar-refractivity contribution in [3.05, 3.63) is 47.5 Å². The molecule has 9 nitrogen and oxygen atoms in total. The summed E-state index contributed by atoms with van der Waals surface area (Å²) >= 11 is 1.19. The fourth-order valence-electron chi connectivity index (χ4n) is 2.11. The van der Waals surface area contributed by atoms with Crippen molar-refractivity contribution in [1.29, 1.82) is 0 Å². The fraction of sp³-hybridized carbons (Fsp3) is 0.176. The van der Waals surface area contributed by atoms with Gasteiger partial charge < -0.3 is 20.0 Å². The summed E-state index contributed by atoms with van der Waals surface area (Å²) in [5.41, 5.74) is 1.75. The van der Waals surface area contributed by atoms with Crippen LogP contribution in [-0.2, 0) is 11.2 Å². The molecule has 0 bridgehead atoms. The molecule has 0 saturated heterocycles. The maximum atomic E-state index is 11.9. The molecule has 0 spiro atoms. The lowest BCUT2D eigenvalue weighted by Crippen LogP contribution is -2.20. The summed E-state index contributed by atoms with van der Waals surface area (Å²) in [5.74, 6) is -1.41. The van der Waals surface area contributed by atoms with Gasteiger partial charge in [0.1, 0.15) is 0 Å². The van der Waals surface area contributed by atoms with Crippen molar-refractivity contribution in [2.24, 2.45) is 10.2 Å². The molecule has 140 valence electrons. The van der Waals surface area contributed by atoms with Crippen molar-refractivity contribution in [2.75, 3.05) is 19.0 Å². The van der Waals surface area contributed by atoms with Gasteiger partial charge in [-0.15, -0.1) is 15.0 Å². The zero-order valence-corrected chi connectivity index (χ0v) is 15.4. The average molecular weight is 387 g/mol. The summed E-state index contributed by atoms with van der Waals surface area (Å²) in [5, 5.41) is 27.5. The SMILES string of the molecule is CN(C)c1ccc(N=Nc2ncc(CC(=O)On3c(O)ccc3O)s2)cc1. The van der Waals surface area contributed by atoms with E-state index in [9.17, 15) is 15.0 Å². The van der Waals surface area contributed by atoms with Crippen molar-refractivity contribution in [2.45, 2.75) is 6.42 Å². The highest BCUT2D eigenvalue weighted by Gasteiger charge is 2.14. The Morgan fingerprint density at radius 3 is 2.44 bits per heavy atom. The predicted octanol–water partition coefficient (Wildman–Crippen LogP) is 3.04. The summed E-state index contributed by atoms with van der Waals surface area (Å²) in [7, 11) is 3.91. The number of hydrogen-bond acceptors (Lipinski definition) is 9. The number of anilines is 1. The minimum Gasteiger partial charge on any atom is -0.492 e. The van der Waals surface area contributed by atoms with Crippen LogP contribution in [0.15, 0.2) is 52.8 Å². The maximum Gasteiger partial charge on any atom is 0.338 e. The first-order valence-corrected chi connectivity index (χ1v) is 8.68. The van der Waals surface area contributed by atoms with E-state index in [1.54, 1.807) is 0 Å². The molecule has 0 aliphatic heterocycles. The molecule has 0 unspecified atom stereocenters. The third-order valence-corrected chi connectivity index (χ3v) is 4.35. The van der Waals surface area contributed by atoms with Crippen LogP contribution in [0, 0.1) is 0 Å². The third-order valence-electron chi connectivity index (χ3n) is 3.47. The molecule has 0 amide bonds. The second-order valence-corrected chi connectivity index (χ2v) is 6.80. The highest BCUT2D eigenvalue weighted by molar-refractivity contribution is 7.15. The monoisotopic (exact) mass is 387 g/mol. The summed E-state index contributed by atoms with van der Waals surface area (Å²) in [6.45, 7) is 0. The Bertz CT molecular complexity index is 943. The van der Waals surface area contributed by atoms with Crippen molar-refractivity contribution in [3.8, 4) is 11.8 Å². The summed E-state index contributed by atoms with van der Waals surface area (Å²) in [6, 6.07) is 9.98. The highest BCUT2D eigenvalue weighted by atomic mass is 32.1. The standard InChI is InChI=1S/C17H17N5O4S/c1-21(2)12-5-3-11(4-6-12)19-20-17-18-10-13(27-17)9-16(25)26-22-14(23)7-8-15(22)24/h3-8,10,23-24H,9H2,1-2H3. The van der Waals surface area contributed by atoms with E-state index < -0.39 is 5.97 Å². The Morgan fingerprint density at radius 1 is 1.15 bits per heavy atom. The lowest BCUT2D eigenvalue weighted by atomic mass is 10.3. The first kappa shape index (κ1) is 18.4. The second kappa shape index (κ2) is 7.87. The molecule has 10 heteroatoms. The molecular weight excluding hydrogens is 370 g/mol. The van der Waals surface area contributed by atoms with E-state index in [0.29, 0.717) is 20.4 Å². The molecular formula is C17H17N5O4S. The van der Waals surface area contributed by atoms with E-state index >= 15 is 0 Å². The fourth-order valence-corrected chi connectivity index (χ4v) is 2.83. The van der Waals surface area contributed by atoms with Crippen LogP contribution >= 0.6 is 11.3 Å². The molecule has 0 saturated carbocycles. The van der Waals surface area contributed by atoms with Crippen molar-refractivity contribution >= 4 is 33.8 Å². The van der Waals surface area contributed by atoms with Gasteiger partial charge in [-0.05, 0) is 24.3 Å². The number of hydrogen-bond donors (Lipinski definition) is 2. The summed E-state index contributed by atoms with van der Waals surface area (Å²) in [4.78, 5) is 23.5. The van der Waals surface area contributed by atoms with E-state index in [1.807, 2.05) is 43.3 Å². The van der Waals surface area contributed by atoms with Gasteiger partial charge >= 0.3 is 5.97 Å². The Hall–Kier alpha value is -3.40. The number of azo groups is 1. The highest BCUT2D eigenvalue weighted by Crippen LogP contribution is 2.25. The van der Waals surface area contributed by atoms with E-state index in [-0.39, 0.29) is 18.2 Å². The van der Waals surface area contributed by atoms with Gasteiger partial charge in [0.15, 0.2) is 0 Å². The molecule has 3 rings (SSSR count). The van der Waals surface area contributed by atoms with Crippen LogP contribution in [0.25, 0.3) is 0 Å². The molecule has 2 N–H and O–H groups in total. The molecule has 0 fully saturated rings. The van der Waals surface area contributed by atoms with Crippen LogP contribution < -0.4 is 9.74 Å². The van der Waals surface area contributed by atoms with Crippen LogP contribution in [-0.4, -0.2) is 40.0 Å². The topological polar surface area (TPSA) is 113 Å². The Labute approximate surface area is 158 Å². The van der Waals surface area contributed by atoms with Crippen LogP contribution in [0.1, 0.15) is 4.88 Å². The van der Waals surface area contributed by atoms with Gasteiger partial charge in [0.2, 0.25) is 16.9 Å². The number of carbonyl (C=O) groups excluding carboxylic acids is 1. The first-order valence-electron chi connectivity index (χ1n) is 7.87. The van der Waals surface area contributed by atoms with Gasteiger partial charge in [-0.2, -0.15) is 0 Å². The molecule has 27 heavy (non-hydrogen) atoms. The van der Waals surface area contributed by atoms with Crippen molar-refractivity contribution in [3.63, 3.8) is 0 Å². The van der Waals surface area contributed by atoms with Gasteiger partial charge in [0, 0.05) is 43.0 Å². The Morgan fingerprint density at radius 2 is 1.81 bits per heavy atom. The second-order valence-electron chi connectivity index (χ2n) is 5.70. The van der Waals surface area contributed by atoms with Crippen LogP contribution in [0.5, 0.6) is 11.8 Å². The minimum absolute atomic E-state index is 0.0816. The molecule has 2 aromatic heterocycles. The number of aromatic hydroxyl groups is 2. The first-order chi connectivity index (χ1) is 12.9. The van der Waals surface area contributed by atoms with Crippen LogP contribution in [0.3, 0.4) is 0 Å². The van der Waals surface area contributed by atoms with E-state index in [1.165, 1.54) is 29.7 Å². The number of benzene rings is 1. The molecule has 0 radical (unpaired) electrons. The third kappa shape index (κ3) is 4.61. The van der Waals surface area contributed by atoms with Gasteiger partial charge in [0.25, 0.3) is 0 Å². The lowest BCUT2D eigenvalue weighted by Gasteiger charge is -2.11. The van der Waals surface area contributed by atoms with Crippen molar-refractivity contribution < 1.29 is 19.8 Å². The van der Waals surface area contributed by atoms with Gasteiger partial charge in [0.05, 0.1) is 12.1 Å². The maximum absolute atomic E-state index is 11.9. The molecule has 1 aromatic carbocycles. The van der Waals surface area contributed by atoms with Crippen molar-refractivity contribution in [1.82, 2.24) is 9.71 Å². The number of rotatable bonds is 6. The zero-order chi connectivity index (χ0) is 19.4. The molecule has 3 aromatic rings. The van der Waals surface area contributed by atoms with E-state index in [2.05, 4.69) is 15.2 Å². The minimum atomic E-state index is -0.664. The zero-order valence-electron chi connectivity index (χ0n) is 14.6. The summed E-state index contributed by atoms with van der Waals surface area (Å²) in [6.07, 6.45) is 1.42. The Kier molecular flexibility index (Phi) is 5.36. The molecule has 0 aliphatic rings. The number of carbonyl (C=O) groups is 1. The summed E-state index contributed by atoms with van der Waals surface area (Å²) < 4.78 is 0.640. The normalized spacial score (nSPS) is 11.0. The quantitative estimate of drug-likeness (QED) is 0.629.